The van der Waals surface area contributed by atoms with Crippen LogP contribution in [0.15, 0.2) is 42.6 Å². The van der Waals surface area contributed by atoms with Crippen molar-refractivity contribution in [3.63, 3.8) is 0 Å². The molecule has 19 nitrogen and oxygen atoms in total. The Balaban J connectivity index is 0.942. The second kappa shape index (κ2) is 13.5. The van der Waals surface area contributed by atoms with E-state index in [1.54, 1.807) is 43.3 Å². The number of aromatic nitrogens is 3. The lowest BCUT2D eigenvalue weighted by Gasteiger charge is -2.45. The Morgan fingerprint density at radius 2 is 1.69 bits per heavy atom. The number of nitrogens with one attached hydrogen (secondary N) is 5. The molecule has 2 aromatic carbocycles. The Bertz CT molecular complexity index is 2030. The van der Waals surface area contributed by atoms with Crippen LogP contribution in [0.2, 0.25) is 0 Å². The fourth-order valence-electron chi connectivity index (χ4n) is 7.12. The van der Waals surface area contributed by atoms with Gasteiger partial charge in [-0.3, -0.25) is 44.7 Å². The molecule has 5 N–H and O–H groups in total. The van der Waals surface area contributed by atoms with E-state index in [0.29, 0.717) is 22.5 Å². The Morgan fingerprint density at radius 1 is 0.962 bits per heavy atom. The van der Waals surface area contributed by atoms with Crippen LogP contribution < -0.4 is 26.6 Å². The summed E-state index contributed by atoms with van der Waals surface area (Å²) in [4.78, 5) is 89.1. The van der Waals surface area contributed by atoms with Gasteiger partial charge < -0.3 is 30.1 Å². The molecule has 5 heterocycles. The molecule has 0 radical (unpaired) electrons. The second-order valence-corrected chi connectivity index (χ2v) is 13.1. The van der Waals surface area contributed by atoms with Gasteiger partial charge in [-0.25, -0.2) is 9.48 Å². The maximum absolute atomic E-state index is 13.7. The number of nitrogens with zero attached hydrogens (tertiary/aromatic N) is 5. The summed E-state index contributed by atoms with van der Waals surface area (Å²) in [5.41, 5.74) is 2.69. The SMILES string of the molecule is CC1Nc2cccc(NC(=O)Cn3cc(COC(=O)Nc4cccc5c4C[N+]([O-])(C4CCC(=O)NC4=O)C5)nn3)c2C(=O)N1C1CCC(=O)NC1=O. The lowest BCUT2D eigenvalue weighted by Crippen LogP contribution is -2.60. The molecule has 52 heavy (non-hydrogen) atoms. The van der Waals surface area contributed by atoms with E-state index in [9.17, 15) is 38.8 Å². The van der Waals surface area contributed by atoms with E-state index in [1.165, 1.54) is 15.8 Å². The topological polar surface area (TPSA) is 246 Å². The summed E-state index contributed by atoms with van der Waals surface area (Å²) in [6.07, 6.45) is 0.532. The molecule has 7 rings (SSSR count). The summed E-state index contributed by atoms with van der Waals surface area (Å²) < 4.78 is 5.68. The Hall–Kier alpha value is -6.21. The number of quaternary nitrogens is 1. The maximum Gasteiger partial charge on any atom is 0.412 e. The minimum Gasteiger partial charge on any atom is -0.632 e. The van der Waals surface area contributed by atoms with Gasteiger partial charge in [0.05, 0.1) is 35.0 Å². The zero-order valence-electron chi connectivity index (χ0n) is 27.8. The first-order valence-corrected chi connectivity index (χ1v) is 16.6. The minimum atomic E-state index is -0.939. The molecular formula is C33H34N10O9. The highest BCUT2D eigenvalue weighted by Crippen LogP contribution is 2.38. The monoisotopic (exact) mass is 714 g/mol. The standard InChI is InChI=1S/C33H34N10O9/c1-17-34-22-6-3-7-23(29(22)32(49)42(17)24-8-10-26(44)37-30(24)47)35-28(46)13-41-12-19(39-40-41)16-52-33(50)36-21-5-2-4-18-14-43(51,15-20(18)21)25-9-11-27(45)38-31(25)48/h2-7,12,17,24-25,34H,8-11,13-16H2,1H3,(H,35,46)(H,36,50)(H,37,44,47)(H,38,45,48). The molecule has 0 aliphatic carbocycles. The van der Waals surface area contributed by atoms with Crippen molar-refractivity contribution in [1.29, 1.82) is 0 Å². The molecule has 2 fully saturated rings. The van der Waals surface area contributed by atoms with Crippen LogP contribution in [-0.2, 0) is 55.0 Å². The molecule has 4 aliphatic rings. The van der Waals surface area contributed by atoms with Gasteiger partial charge >= 0.3 is 6.09 Å². The highest BCUT2D eigenvalue weighted by molar-refractivity contribution is 6.11. The second-order valence-electron chi connectivity index (χ2n) is 13.1. The average molecular weight is 715 g/mol. The summed E-state index contributed by atoms with van der Waals surface area (Å²) in [5.74, 6) is -2.99. The molecule has 7 amide bonds. The van der Waals surface area contributed by atoms with Gasteiger partial charge in [0, 0.05) is 30.4 Å². The summed E-state index contributed by atoms with van der Waals surface area (Å²) in [5, 5.41) is 34.6. The van der Waals surface area contributed by atoms with Crippen LogP contribution in [0, 0.1) is 5.21 Å². The van der Waals surface area contributed by atoms with Crippen LogP contribution >= 0.6 is 0 Å². The fraction of sp³-hybridized carbons (Fsp3) is 0.364. The molecule has 4 unspecified atom stereocenters. The van der Waals surface area contributed by atoms with Gasteiger partial charge in [-0.05, 0) is 31.5 Å². The van der Waals surface area contributed by atoms with Crippen LogP contribution in [0.3, 0.4) is 0 Å². The highest BCUT2D eigenvalue weighted by Gasteiger charge is 2.44. The third-order valence-electron chi connectivity index (χ3n) is 9.51. The molecule has 0 bridgehead atoms. The van der Waals surface area contributed by atoms with E-state index in [1.807, 2.05) is 0 Å². The molecule has 3 aromatic rings. The number of hydroxylamine groups is 3. The first kappa shape index (κ1) is 34.2. The zero-order valence-corrected chi connectivity index (χ0v) is 27.8. The number of piperidine rings is 2. The predicted octanol–water partition coefficient (Wildman–Crippen LogP) is 0.818. The number of benzene rings is 2. The molecule has 0 spiro atoms. The van der Waals surface area contributed by atoms with Gasteiger partial charge in [0.1, 0.15) is 38.0 Å². The van der Waals surface area contributed by atoms with Gasteiger partial charge in [0.2, 0.25) is 23.6 Å². The van der Waals surface area contributed by atoms with Crippen LogP contribution in [0.1, 0.15) is 59.8 Å². The Kier molecular flexibility index (Phi) is 8.89. The maximum atomic E-state index is 13.7. The fourth-order valence-corrected chi connectivity index (χ4v) is 7.12. The van der Waals surface area contributed by atoms with Gasteiger partial charge in [-0.2, -0.15) is 0 Å². The number of carbonyl (C=O) groups is 7. The van der Waals surface area contributed by atoms with E-state index in [4.69, 9.17) is 4.74 Å². The zero-order chi connectivity index (χ0) is 36.7. The van der Waals surface area contributed by atoms with E-state index in [0.717, 1.165) is 0 Å². The first-order valence-electron chi connectivity index (χ1n) is 16.6. The summed E-state index contributed by atoms with van der Waals surface area (Å²) >= 11 is 0. The quantitative estimate of drug-likeness (QED) is 0.124. The summed E-state index contributed by atoms with van der Waals surface area (Å²) in [6, 6.07) is 8.15. The number of imide groups is 2. The molecule has 4 atom stereocenters. The van der Waals surface area contributed by atoms with Crippen molar-refractivity contribution in [2.75, 3.05) is 16.0 Å². The van der Waals surface area contributed by atoms with Crippen molar-refractivity contribution >= 4 is 58.6 Å². The molecule has 4 aliphatic heterocycles. The third-order valence-corrected chi connectivity index (χ3v) is 9.51. The molecule has 1 aromatic heterocycles. The molecule has 2 saturated heterocycles. The molecule has 270 valence electrons. The lowest BCUT2D eigenvalue weighted by atomic mass is 9.99. The largest absolute Gasteiger partial charge is 0.632 e. The van der Waals surface area contributed by atoms with Crippen LogP contribution in [-0.4, -0.2) is 84.3 Å². The Morgan fingerprint density at radius 3 is 2.46 bits per heavy atom. The molecular weight excluding hydrogens is 680 g/mol. The van der Waals surface area contributed by atoms with Gasteiger partial charge in [-0.15, -0.1) is 5.10 Å². The van der Waals surface area contributed by atoms with Crippen LogP contribution in [0.5, 0.6) is 0 Å². The average Bonchev–Trinajstić information content (AvgIpc) is 3.68. The Labute approximate surface area is 295 Å². The lowest BCUT2D eigenvalue weighted by molar-refractivity contribution is -0.916. The van der Waals surface area contributed by atoms with E-state index >= 15 is 0 Å². The summed E-state index contributed by atoms with van der Waals surface area (Å²) in [6.45, 7) is 1.09. The van der Waals surface area contributed by atoms with Gasteiger partial charge in [0.15, 0.2) is 6.04 Å². The molecule has 0 saturated carbocycles. The van der Waals surface area contributed by atoms with Gasteiger partial charge in [-0.1, -0.05) is 23.4 Å². The highest BCUT2D eigenvalue weighted by atomic mass is 16.6. The van der Waals surface area contributed by atoms with E-state index in [-0.39, 0.29) is 68.9 Å². The number of carbonyl (C=O) groups excluding carboxylic acids is 7. The number of hydrogen-bond acceptors (Lipinski definition) is 12. The van der Waals surface area contributed by atoms with Crippen molar-refractivity contribution < 1.29 is 42.9 Å². The minimum absolute atomic E-state index is 0.0167. The van der Waals surface area contributed by atoms with Gasteiger partial charge in [0.25, 0.3) is 11.8 Å². The number of amides is 7. The van der Waals surface area contributed by atoms with Crippen molar-refractivity contribution in [2.24, 2.45) is 0 Å². The predicted molar refractivity (Wildman–Crippen MR) is 178 cm³/mol. The third kappa shape index (κ3) is 6.65. The van der Waals surface area contributed by atoms with Crippen molar-refractivity contribution in [1.82, 2.24) is 30.5 Å². The van der Waals surface area contributed by atoms with E-state index < -0.39 is 64.4 Å². The smallest absolute Gasteiger partial charge is 0.412 e. The number of hydrogen-bond donors (Lipinski definition) is 5. The van der Waals surface area contributed by atoms with E-state index in [2.05, 4.69) is 36.9 Å². The number of anilines is 3. The number of rotatable bonds is 8. The first-order chi connectivity index (χ1) is 24.9. The van der Waals surface area contributed by atoms with Crippen LogP contribution in [0.4, 0.5) is 21.9 Å². The summed E-state index contributed by atoms with van der Waals surface area (Å²) in [7, 11) is 0. The van der Waals surface area contributed by atoms with Crippen molar-refractivity contribution in [2.45, 2.75) is 77.1 Å². The van der Waals surface area contributed by atoms with Crippen molar-refractivity contribution in [3.8, 4) is 0 Å². The van der Waals surface area contributed by atoms with Crippen molar-refractivity contribution in [3.05, 3.63) is 70.2 Å². The number of ether oxygens (including phenoxy) is 1. The normalized spacial score (nSPS) is 23.9. The molecule has 19 heteroatoms. The number of fused-ring (bicyclic) bond motifs is 2. The van der Waals surface area contributed by atoms with Crippen LogP contribution in [0.25, 0.3) is 0 Å².